The van der Waals surface area contributed by atoms with Crippen molar-refractivity contribution >= 4 is 5.95 Å². The van der Waals surface area contributed by atoms with Gasteiger partial charge < -0.3 is 20.1 Å². The lowest BCUT2D eigenvalue weighted by Gasteiger charge is -2.36. The molecule has 2 N–H and O–H groups in total. The lowest BCUT2D eigenvalue weighted by molar-refractivity contribution is 0.303. The number of rotatable bonds is 4. The van der Waals surface area contributed by atoms with E-state index in [4.69, 9.17) is 15.2 Å². The summed E-state index contributed by atoms with van der Waals surface area (Å²) < 4.78 is 10.4. The molecule has 0 spiro atoms. The number of ether oxygens (including phenoxy) is 2. The fourth-order valence-electron chi connectivity index (χ4n) is 2.38. The Labute approximate surface area is 113 Å². The predicted molar refractivity (Wildman–Crippen MR) is 73.7 cm³/mol. The van der Waals surface area contributed by atoms with Crippen LogP contribution in [-0.2, 0) is 0 Å². The molecule has 0 bridgehead atoms. The number of nitrogens with zero attached hydrogens (tertiary/aromatic N) is 3. The Hall–Kier alpha value is -1.56. The molecule has 1 aliphatic rings. The fraction of sp³-hybridized carbons (Fsp3) is 0.692. The third-order valence-corrected chi connectivity index (χ3v) is 3.79. The van der Waals surface area contributed by atoms with E-state index in [1.807, 2.05) is 0 Å². The van der Waals surface area contributed by atoms with Crippen molar-refractivity contribution in [2.75, 3.05) is 38.8 Å². The summed E-state index contributed by atoms with van der Waals surface area (Å²) in [4.78, 5) is 10.9. The number of anilines is 1. The molecule has 0 amide bonds. The molecule has 1 saturated heterocycles. The average molecular weight is 266 g/mol. The second-order valence-electron chi connectivity index (χ2n) is 4.96. The first-order valence-corrected chi connectivity index (χ1v) is 6.60. The number of hydrogen-bond donors (Lipinski definition) is 1. The van der Waals surface area contributed by atoms with Crippen LogP contribution in [0, 0.1) is 11.8 Å². The minimum atomic E-state index is 0.481. The molecule has 0 aromatic carbocycles. The van der Waals surface area contributed by atoms with Crippen LogP contribution < -0.4 is 20.1 Å². The van der Waals surface area contributed by atoms with Crippen molar-refractivity contribution in [1.29, 1.82) is 0 Å². The first kappa shape index (κ1) is 13.9. The van der Waals surface area contributed by atoms with Crippen LogP contribution in [0.2, 0.25) is 0 Å². The normalized spacial score (nSPS) is 23.3. The van der Waals surface area contributed by atoms with Crippen LogP contribution >= 0.6 is 0 Å². The van der Waals surface area contributed by atoms with E-state index in [2.05, 4.69) is 21.8 Å². The van der Waals surface area contributed by atoms with Crippen LogP contribution in [0.4, 0.5) is 5.95 Å². The zero-order valence-electron chi connectivity index (χ0n) is 11.8. The van der Waals surface area contributed by atoms with Crippen molar-refractivity contribution in [3.63, 3.8) is 0 Å². The molecule has 0 radical (unpaired) electrons. The molecule has 2 rings (SSSR count). The first-order chi connectivity index (χ1) is 9.17. The van der Waals surface area contributed by atoms with Gasteiger partial charge in [-0.3, -0.25) is 0 Å². The second kappa shape index (κ2) is 6.06. The lowest BCUT2D eigenvalue weighted by Crippen LogP contribution is -2.43. The Morgan fingerprint density at radius 2 is 1.95 bits per heavy atom. The van der Waals surface area contributed by atoms with E-state index < -0.39 is 0 Å². The van der Waals surface area contributed by atoms with Gasteiger partial charge in [-0.25, -0.2) is 0 Å². The molecule has 6 heteroatoms. The molecule has 1 fully saturated rings. The number of piperidine rings is 1. The molecule has 1 aromatic rings. The summed E-state index contributed by atoms with van der Waals surface area (Å²) in [5, 5.41) is 0. The fourth-order valence-corrected chi connectivity index (χ4v) is 2.38. The molecule has 19 heavy (non-hydrogen) atoms. The van der Waals surface area contributed by atoms with Crippen molar-refractivity contribution < 1.29 is 9.47 Å². The quantitative estimate of drug-likeness (QED) is 0.873. The minimum Gasteiger partial charge on any atom is -0.481 e. The SMILES string of the molecule is COc1cc(OC)nc(N2CCC(C)C(CN)C2)n1. The Morgan fingerprint density at radius 3 is 2.47 bits per heavy atom. The van der Waals surface area contributed by atoms with Crippen LogP contribution in [0.3, 0.4) is 0 Å². The highest BCUT2D eigenvalue weighted by molar-refractivity contribution is 5.37. The highest BCUT2D eigenvalue weighted by Gasteiger charge is 2.27. The van der Waals surface area contributed by atoms with E-state index in [0.29, 0.717) is 36.1 Å². The summed E-state index contributed by atoms with van der Waals surface area (Å²) in [5.74, 6) is 2.82. The lowest BCUT2D eigenvalue weighted by atomic mass is 9.87. The van der Waals surface area contributed by atoms with Gasteiger partial charge in [0.15, 0.2) is 0 Å². The van der Waals surface area contributed by atoms with Crippen molar-refractivity contribution in [1.82, 2.24) is 9.97 Å². The number of methoxy groups -OCH3 is 2. The minimum absolute atomic E-state index is 0.481. The molecule has 1 aliphatic heterocycles. The molecular formula is C13H22N4O2. The Morgan fingerprint density at radius 1 is 1.32 bits per heavy atom. The molecule has 0 aliphatic carbocycles. The van der Waals surface area contributed by atoms with Gasteiger partial charge in [-0.2, -0.15) is 9.97 Å². The van der Waals surface area contributed by atoms with Gasteiger partial charge in [0.25, 0.3) is 0 Å². The maximum atomic E-state index is 5.83. The van der Waals surface area contributed by atoms with E-state index in [-0.39, 0.29) is 0 Å². The molecule has 0 saturated carbocycles. The molecule has 2 unspecified atom stereocenters. The van der Waals surface area contributed by atoms with Crippen molar-refractivity contribution in [2.24, 2.45) is 17.6 Å². The smallest absolute Gasteiger partial charge is 0.231 e. The molecule has 2 heterocycles. The topological polar surface area (TPSA) is 73.5 Å². The van der Waals surface area contributed by atoms with Crippen molar-refractivity contribution in [3.05, 3.63) is 6.07 Å². The van der Waals surface area contributed by atoms with Crippen LogP contribution in [0.1, 0.15) is 13.3 Å². The highest BCUT2D eigenvalue weighted by atomic mass is 16.5. The van der Waals surface area contributed by atoms with E-state index in [9.17, 15) is 0 Å². The van der Waals surface area contributed by atoms with Gasteiger partial charge >= 0.3 is 0 Å². The van der Waals surface area contributed by atoms with Gasteiger partial charge in [-0.15, -0.1) is 0 Å². The zero-order chi connectivity index (χ0) is 13.8. The molecule has 106 valence electrons. The highest BCUT2D eigenvalue weighted by Crippen LogP contribution is 2.27. The number of nitrogens with two attached hydrogens (primary N) is 1. The first-order valence-electron chi connectivity index (χ1n) is 6.60. The summed E-state index contributed by atoms with van der Waals surface area (Å²) in [5.41, 5.74) is 5.83. The third kappa shape index (κ3) is 3.07. The van der Waals surface area contributed by atoms with E-state index in [1.165, 1.54) is 0 Å². The molecule has 6 nitrogen and oxygen atoms in total. The summed E-state index contributed by atoms with van der Waals surface area (Å²) in [6.07, 6.45) is 1.10. The van der Waals surface area contributed by atoms with E-state index in [1.54, 1.807) is 20.3 Å². The maximum absolute atomic E-state index is 5.83. The summed E-state index contributed by atoms with van der Waals surface area (Å²) >= 11 is 0. The van der Waals surface area contributed by atoms with E-state index >= 15 is 0 Å². The number of aromatic nitrogens is 2. The monoisotopic (exact) mass is 266 g/mol. The maximum Gasteiger partial charge on any atom is 0.231 e. The summed E-state index contributed by atoms with van der Waals surface area (Å²) in [6.45, 7) is 4.77. The third-order valence-electron chi connectivity index (χ3n) is 3.79. The molecule has 2 atom stereocenters. The molecule has 1 aromatic heterocycles. The zero-order valence-corrected chi connectivity index (χ0v) is 11.8. The van der Waals surface area contributed by atoms with Gasteiger partial charge in [0, 0.05) is 13.1 Å². The van der Waals surface area contributed by atoms with Gasteiger partial charge in [-0.05, 0) is 24.8 Å². The van der Waals surface area contributed by atoms with Crippen molar-refractivity contribution in [2.45, 2.75) is 13.3 Å². The number of hydrogen-bond acceptors (Lipinski definition) is 6. The van der Waals surface area contributed by atoms with Crippen LogP contribution in [0.5, 0.6) is 11.8 Å². The standard InChI is InChI=1S/C13H22N4O2/c1-9-4-5-17(8-10(9)7-14)13-15-11(18-2)6-12(16-13)19-3/h6,9-10H,4-5,7-8,14H2,1-3H3. The summed E-state index contributed by atoms with van der Waals surface area (Å²) in [7, 11) is 3.18. The van der Waals surface area contributed by atoms with E-state index in [0.717, 1.165) is 19.5 Å². The van der Waals surface area contributed by atoms with Crippen LogP contribution in [-0.4, -0.2) is 43.8 Å². The van der Waals surface area contributed by atoms with Gasteiger partial charge in [0.05, 0.1) is 20.3 Å². The Kier molecular flexibility index (Phi) is 4.42. The molecular weight excluding hydrogens is 244 g/mol. The average Bonchev–Trinajstić information content (AvgIpc) is 2.47. The van der Waals surface area contributed by atoms with Gasteiger partial charge in [-0.1, -0.05) is 6.92 Å². The predicted octanol–water partition coefficient (Wildman–Crippen LogP) is 0.915. The summed E-state index contributed by atoms with van der Waals surface area (Å²) in [6, 6.07) is 1.68. The second-order valence-corrected chi connectivity index (χ2v) is 4.96. The van der Waals surface area contributed by atoms with Crippen LogP contribution in [0.15, 0.2) is 6.07 Å². The van der Waals surface area contributed by atoms with Gasteiger partial charge in [0.1, 0.15) is 0 Å². The Bertz CT molecular complexity index is 405. The Balaban J connectivity index is 2.21. The van der Waals surface area contributed by atoms with Crippen molar-refractivity contribution in [3.8, 4) is 11.8 Å². The van der Waals surface area contributed by atoms with Crippen LogP contribution in [0.25, 0.3) is 0 Å². The largest absolute Gasteiger partial charge is 0.481 e. The van der Waals surface area contributed by atoms with Gasteiger partial charge in [0.2, 0.25) is 17.7 Å².